The quantitative estimate of drug-likeness (QED) is 0.866. The van der Waals surface area contributed by atoms with E-state index in [4.69, 9.17) is 9.84 Å². The summed E-state index contributed by atoms with van der Waals surface area (Å²) in [6.45, 7) is 1.57. The molecule has 0 radical (unpaired) electrons. The van der Waals surface area contributed by atoms with E-state index >= 15 is 0 Å². The van der Waals surface area contributed by atoms with Gasteiger partial charge < -0.3 is 9.84 Å². The van der Waals surface area contributed by atoms with Crippen molar-refractivity contribution >= 4 is 12.1 Å². The molecule has 0 heterocycles. The van der Waals surface area contributed by atoms with Crippen LogP contribution < -0.4 is 4.74 Å². The number of rotatable bonds is 4. The lowest BCUT2D eigenvalue weighted by Gasteiger charge is -2.15. The molecule has 5 heteroatoms. The van der Waals surface area contributed by atoms with Crippen LogP contribution in [-0.2, 0) is 11.2 Å². The Labute approximate surface area is 99.6 Å². The van der Waals surface area contributed by atoms with Gasteiger partial charge in [0.1, 0.15) is 12.3 Å². The number of carboxylic acids is 1. The Balaban J connectivity index is 2.70. The number of carbonyl (C=O) groups is 2. The summed E-state index contributed by atoms with van der Waals surface area (Å²) in [6.07, 6.45) is 0.0693. The van der Waals surface area contributed by atoms with Gasteiger partial charge in [-0.2, -0.15) is 0 Å². The van der Waals surface area contributed by atoms with Crippen molar-refractivity contribution in [3.8, 4) is 5.75 Å². The van der Waals surface area contributed by atoms with Crippen LogP contribution in [0, 0.1) is 0 Å². The lowest BCUT2D eigenvalue weighted by Crippen LogP contribution is -2.34. The molecule has 0 unspecified atom stereocenters. The zero-order valence-electron chi connectivity index (χ0n) is 9.84. The minimum atomic E-state index is -1.08. The zero-order valence-corrected chi connectivity index (χ0v) is 9.84. The van der Waals surface area contributed by atoms with Gasteiger partial charge in [0.15, 0.2) is 0 Å². The maximum Gasteiger partial charge on any atom is 0.415 e. The fourth-order valence-corrected chi connectivity index (χ4v) is 1.33. The topological polar surface area (TPSA) is 66.8 Å². The summed E-state index contributed by atoms with van der Waals surface area (Å²) in [4.78, 5) is 23.0. The molecule has 1 N–H and O–H groups in total. The standard InChI is InChI=1S/C12H15NO4/c1-3-9-6-4-5-7-10(9)17-12(16)13(2)8-11(14)15/h4-7H,3,8H2,1-2H3,(H,14,15). The molecule has 1 aromatic rings. The Morgan fingerprint density at radius 1 is 1.35 bits per heavy atom. The van der Waals surface area contributed by atoms with Crippen molar-refractivity contribution in [1.29, 1.82) is 0 Å². The molecule has 5 nitrogen and oxygen atoms in total. The lowest BCUT2D eigenvalue weighted by molar-refractivity contribution is -0.137. The number of hydrogen-bond acceptors (Lipinski definition) is 3. The molecule has 0 saturated carbocycles. The van der Waals surface area contributed by atoms with E-state index in [-0.39, 0.29) is 6.54 Å². The molecule has 0 aromatic heterocycles. The molecule has 92 valence electrons. The molecule has 1 aromatic carbocycles. The third-order valence-electron chi connectivity index (χ3n) is 2.23. The maximum atomic E-state index is 11.6. The van der Waals surface area contributed by atoms with E-state index in [1.54, 1.807) is 12.1 Å². The van der Waals surface area contributed by atoms with Crippen molar-refractivity contribution in [1.82, 2.24) is 4.90 Å². The summed E-state index contributed by atoms with van der Waals surface area (Å²) in [6, 6.07) is 7.17. The number of nitrogens with zero attached hydrogens (tertiary/aromatic N) is 1. The van der Waals surface area contributed by atoms with Crippen molar-refractivity contribution in [2.24, 2.45) is 0 Å². The van der Waals surface area contributed by atoms with Crippen LogP contribution in [0.15, 0.2) is 24.3 Å². The molecule has 0 atom stereocenters. The first-order valence-electron chi connectivity index (χ1n) is 5.27. The third-order valence-corrected chi connectivity index (χ3v) is 2.23. The molecule has 0 saturated heterocycles. The van der Waals surface area contributed by atoms with Gasteiger partial charge in [0.05, 0.1) is 0 Å². The fourth-order valence-electron chi connectivity index (χ4n) is 1.33. The second kappa shape index (κ2) is 5.89. The number of carbonyl (C=O) groups excluding carboxylic acids is 1. The predicted molar refractivity (Wildman–Crippen MR) is 62.1 cm³/mol. The SMILES string of the molecule is CCc1ccccc1OC(=O)N(C)CC(=O)O. The van der Waals surface area contributed by atoms with Gasteiger partial charge in [0.2, 0.25) is 0 Å². The Morgan fingerprint density at radius 2 is 2.00 bits per heavy atom. The van der Waals surface area contributed by atoms with E-state index in [9.17, 15) is 9.59 Å². The average Bonchev–Trinajstić information content (AvgIpc) is 2.28. The van der Waals surface area contributed by atoms with Crippen LogP contribution in [-0.4, -0.2) is 35.7 Å². The van der Waals surface area contributed by atoms with Crippen LogP contribution in [0.25, 0.3) is 0 Å². The van der Waals surface area contributed by atoms with E-state index in [0.29, 0.717) is 5.75 Å². The summed E-state index contributed by atoms with van der Waals surface area (Å²) in [5.41, 5.74) is 0.907. The summed E-state index contributed by atoms with van der Waals surface area (Å²) < 4.78 is 5.12. The van der Waals surface area contributed by atoms with Gasteiger partial charge in [-0.15, -0.1) is 0 Å². The summed E-state index contributed by atoms with van der Waals surface area (Å²) in [5.74, 6) is -0.606. The number of carboxylic acid groups (broad SMARTS) is 1. The first-order valence-corrected chi connectivity index (χ1v) is 5.27. The van der Waals surface area contributed by atoms with Crippen molar-refractivity contribution in [3.63, 3.8) is 0 Å². The third kappa shape index (κ3) is 3.79. The first-order chi connectivity index (χ1) is 8.04. The number of aryl methyl sites for hydroxylation is 1. The summed E-state index contributed by atoms with van der Waals surface area (Å²) in [7, 11) is 1.38. The van der Waals surface area contributed by atoms with Crippen LogP contribution in [0.2, 0.25) is 0 Å². The molecule has 0 spiro atoms. The van der Waals surface area contributed by atoms with E-state index in [2.05, 4.69) is 0 Å². The van der Waals surface area contributed by atoms with Crippen LogP contribution in [0.4, 0.5) is 4.79 Å². The molecule has 0 aliphatic rings. The molecular formula is C12H15NO4. The highest BCUT2D eigenvalue weighted by molar-refractivity contribution is 5.77. The minimum absolute atomic E-state index is 0.382. The van der Waals surface area contributed by atoms with E-state index in [0.717, 1.165) is 16.9 Å². The zero-order chi connectivity index (χ0) is 12.8. The van der Waals surface area contributed by atoms with Gasteiger partial charge in [-0.1, -0.05) is 25.1 Å². The first kappa shape index (κ1) is 13.0. The summed E-state index contributed by atoms with van der Waals surface area (Å²) in [5, 5.41) is 8.55. The number of hydrogen-bond donors (Lipinski definition) is 1. The Hall–Kier alpha value is -2.04. The van der Waals surface area contributed by atoms with Gasteiger partial charge in [0.25, 0.3) is 0 Å². The second-order valence-electron chi connectivity index (χ2n) is 3.58. The molecule has 0 bridgehead atoms. The Kier molecular flexibility index (Phi) is 4.51. The normalized spacial score (nSPS) is 9.76. The lowest BCUT2D eigenvalue weighted by atomic mass is 10.1. The van der Waals surface area contributed by atoms with Crippen molar-refractivity contribution < 1.29 is 19.4 Å². The summed E-state index contributed by atoms with van der Waals surface area (Å²) >= 11 is 0. The Bertz CT molecular complexity index is 417. The molecule has 17 heavy (non-hydrogen) atoms. The van der Waals surface area contributed by atoms with Crippen LogP contribution in [0.5, 0.6) is 5.75 Å². The molecule has 0 aliphatic carbocycles. The monoisotopic (exact) mass is 237 g/mol. The number of amides is 1. The molecule has 1 amide bonds. The van der Waals surface area contributed by atoms with Gasteiger partial charge in [0, 0.05) is 7.05 Å². The van der Waals surface area contributed by atoms with Crippen LogP contribution in [0.1, 0.15) is 12.5 Å². The number of benzene rings is 1. The van der Waals surface area contributed by atoms with Crippen LogP contribution >= 0.6 is 0 Å². The molecule has 0 aliphatic heterocycles. The van der Waals surface area contributed by atoms with Crippen LogP contribution in [0.3, 0.4) is 0 Å². The van der Waals surface area contributed by atoms with Crippen molar-refractivity contribution in [3.05, 3.63) is 29.8 Å². The van der Waals surface area contributed by atoms with Gasteiger partial charge in [-0.05, 0) is 18.1 Å². The maximum absolute atomic E-state index is 11.6. The van der Waals surface area contributed by atoms with Gasteiger partial charge in [-0.25, -0.2) is 4.79 Å². The highest BCUT2D eigenvalue weighted by atomic mass is 16.6. The molecular weight excluding hydrogens is 222 g/mol. The van der Waals surface area contributed by atoms with E-state index in [1.165, 1.54) is 7.05 Å². The minimum Gasteiger partial charge on any atom is -0.480 e. The largest absolute Gasteiger partial charge is 0.480 e. The smallest absolute Gasteiger partial charge is 0.415 e. The van der Waals surface area contributed by atoms with Gasteiger partial charge >= 0.3 is 12.1 Å². The number of para-hydroxylation sites is 1. The van der Waals surface area contributed by atoms with E-state index < -0.39 is 12.1 Å². The van der Waals surface area contributed by atoms with Crippen molar-refractivity contribution in [2.45, 2.75) is 13.3 Å². The van der Waals surface area contributed by atoms with Crippen molar-refractivity contribution in [2.75, 3.05) is 13.6 Å². The van der Waals surface area contributed by atoms with Gasteiger partial charge in [-0.3, -0.25) is 9.69 Å². The number of ether oxygens (including phenoxy) is 1. The predicted octanol–water partition coefficient (Wildman–Crippen LogP) is 1.76. The highest BCUT2D eigenvalue weighted by Gasteiger charge is 2.15. The van der Waals surface area contributed by atoms with E-state index in [1.807, 2.05) is 19.1 Å². The Morgan fingerprint density at radius 3 is 2.59 bits per heavy atom. The number of likely N-dealkylation sites (N-methyl/N-ethyl adjacent to an activating group) is 1. The average molecular weight is 237 g/mol. The molecule has 1 rings (SSSR count). The number of aliphatic carboxylic acids is 1. The second-order valence-corrected chi connectivity index (χ2v) is 3.58. The highest BCUT2D eigenvalue weighted by Crippen LogP contribution is 2.18. The molecule has 0 fully saturated rings. The fraction of sp³-hybridized carbons (Fsp3) is 0.333.